The number of non-ortho nitro benzene ring substituents is 1. The van der Waals surface area contributed by atoms with Crippen molar-refractivity contribution in [3.8, 4) is 11.5 Å². The second kappa shape index (κ2) is 4.70. The standard InChI is InChI=1S/C12H9FN2O3/c13-11-7-8(14)1-6-12(11)18-10-4-2-9(3-5-10)15(16)17/h1-7H,14H2. The minimum absolute atomic E-state index is 0.0121. The third kappa shape index (κ3) is 2.54. The van der Waals surface area contributed by atoms with Crippen LogP contribution in [0, 0.1) is 15.9 Å². The fourth-order valence-corrected chi connectivity index (χ4v) is 1.36. The number of benzene rings is 2. The number of hydrogen-bond donors (Lipinski definition) is 1. The Hall–Kier alpha value is -2.63. The first-order valence-corrected chi connectivity index (χ1v) is 5.03. The number of nitrogens with two attached hydrogens (primary N) is 1. The largest absolute Gasteiger partial charge is 0.454 e. The van der Waals surface area contributed by atoms with Gasteiger partial charge >= 0.3 is 0 Å². The second-order valence-electron chi connectivity index (χ2n) is 3.54. The summed E-state index contributed by atoms with van der Waals surface area (Å²) in [5, 5.41) is 10.5. The topological polar surface area (TPSA) is 78.4 Å². The highest BCUT2D eigenvalue weighted by Crippen LogP contribution is 2.27. The summed E-state index contributed by atoms with van der Waals surface area (Å²) in [5.74, 6) is -0.268. The van der Waals surface area contributed by atoms with Crippen molar-refractivity contribution in [2.45, 2.75) is 0 Å². The lowest BCUT2D eigenvalue weighted by Gasteiger charge is -2.06. The molecule has 2 rings (SSSR count). The Balaban J connectivity index is 2.21. The third-order valence-corrected chi connectivity index (χ3v) is 2.23. The van der Waals surface area contributed by atoms with E-state index in [-0.39, 0.29) is 11.4 Å². The summed E-state index contributed by atoms with van der Waals surface area (Å²) in [4.78, 5) is 9.93. The lowest BCUT2D eigenvalue weighted by molar-refractivity contribution is -0.384. The highest BCUT2D eigenvalue weighted by Gasteiger charge is 2.07. The van der Waals surface area contributed by atoms with Crippen LogP contribution in [0.2, 0.25) is 0 Å². The summed E-state index contributed by atoms with van der Waals surface area (Å²) in [6.45, 7) is 0. The summed E-state index contributed by atoms with van der Waals surface area (Å²) >= 11 is 0. The van der Waals surface area contributed by atoms with Crippen molar-refractivity contribution in [3.63, 3.8) is 0 Å². The number of hydrogen-bond acceptors (Lipinski definition) is 4. The number of nitro groups is 1. The molecule has 0 atom stereocenters. The fraction of sp³-hybridized carbons (Fsp3) is 0. The first-order valence-electron chi connectivity index (χ1n) is 5.03. The van der Waals surface area contributed by atoms with Crippen LogP contribution in [0.5, 0.6) is 11.5 Å². The molecule has 2 aromatic carbocycles. The average Bonchev–Trinajstić information content (AvgIpc) is 2.33. The van der Waals surface area contributed by atoms with Crippen LogP contribution in [0.4, 0.5) is 15.8 Å². The minimum Gasteiger partial charge on any atom is -0.454 e. The van der Waals surface area contributed by atoms with Crippen LogP contribution in [0.15, 0.2) is 42.5 Å². The molecule has 2 aromatic rings. The zero-order valence-electron chi connectivity index (χ0n) is 9.17. The molecule has 0 fully saturated rings. The van der Waals surface area contributed by atoms with Crippen LogP contribution in [-0.2, 0) is 0 Å². The number of halogens is 1. The number of ether oxygens (including phenoxy) is 1. The smallest absolute Gasteiger partial charge is 0.269 e. The van der Waals surface area contributed by atoms with Crippen molar-refractivity contribution in [1.29, 1.82) is 0 Å². The molecule has 2 N–H and O–H groups in total. The van der Waals surface area contributed by atoms with E-state index in [0.717, 1.165) is 6.07 Å². The molecular formula is C12H9FN2O3. The van der Waals surface area contributed by atoms with Gasteiger partial charge in [-0.1, -0.05) is 0 Å². The Kier molecular flexibility index (Phi) is 3.09. The molecule has 5 nitrogen and oxygen atoms in total. The maximum absolute atomic E-state index is 13.4. The van der Waals surface area contributed by atoms with E-state index < -0.39 is 10.7 Å². The van der Waals surface area contributed by atoms with Gasteiger partial charge in [0, 0.05) is 23.9 Å². The molecule has 0 heterocycles. The number of nitrogen functional groups attached to an aromatic ring is 1. The Bertz CT molecular complexity index is 584. The molecule has 0 aliphatic rings. The molecule has 0 amide bonds. The van der Waals surface area contributed by atoms with Crippen LogP contribution < -0.4 is 10.5 Å². The van der Waals surface area contributed by atoms with E-state index in [0.29, 0.717) is 11.4 Å². The molecule has 0 aliphatic heterocycles. The van der Waals surface area contributed by atoms with Crippen molar-refractivity contribution >= 4 is 11.4 Å². The quantitative estimate of drug-likeness (QED) is 0.514. The molecule has 0 spiro atoms. The maximum Gasteiger partial charge on any atom is 0.269 e. The molecule has 0 unspecified atom stereocenters. The lowest BCUT2D eigenvalue weighted by Crippen LogP contribution is -1.92. The normalized spacial score (nSPS) is 10.1. The average molecular weight is 248 g/mol. The van der Waals surface area contributed by atoms with E-state index in [1.165, 1.54) is 36.4 Å². The van der Waals surface area contributed by atoms with Gasteiger partial charge in [0.15, 0.2) is 11.6 Å². The van der Waals surface area contributed by atoms with Gasteiger partial charge in [-0.05, 0) is 24.3 Å². The Labute approximate surface area is 102 Å². The van der Waals surface area contributed by atoms with Crippen molar-refractivity contribution in [2.24, 2.45) is 0 Å². The highest BCUT2D eigenvalue weighted by atomic mass is 19.1. The van der Waals surface area contributed by atoms with Crippen molar-refractivity contribution in [3.05, 3.63) is 58.4 Å². The van der Waals surface area contributed by atoms with E-state index >= 15 is 0 Å². The summed E-state index contributed by atoms with van der Waals surface area (Å²) in [7, 11) is 0. The monoisotopic (exact) mass is 248 g/mol. The van der Waals surface area contributed by atoms with Gasteiger partial charge in [-0.15, -0.1) is 0 Å². The van der Waals surface area contributed by atoms with E-state index in [2.05, 4.69) is 0 Å². The molecule has 0 aliphatic carbocycles. The fourth-order valence-electron chi connectivity index (χ4n) is 1.36. The Morgan fingerprint density at radius 1 is 1.17 bits per heavy atom. The second-order valence-corrected chi connectivity index (χ2v) is 3.54. The molecule has 0 aromatic heterocycles. The molecular weight excluding hydrogens is 239 g/mol. The van der Waals surface area contributed by atoms with Gasteiger partial charge in [0.1, 0.15) is 5.75 Å². The van der Waals surface area contributed by atoms with E-state index in [1.807, 2.05) is 0 Å². The van der Waals surface area contributed by atoms with Crippen LogP contribution >= 0.6 is 0 Å². The van der Waals surface area contributed by atoms with Gasteiger partial charge < -0.3 is 10.5 Å². The summed E-state index contributed by atoms with van der Waals surface area (Å²) in [6.07, 6.45) is 0. The predicted octanol–water partition coefficient (Wildman–Crippen LogP) is 3.11. The number of nitrogens with zero attached hydrogens (tertiary/aromatic N) is 1. The van der Waals surface area contributed by atoms with Crippen LogP contribution in [-0.4, -0.2) is 4.92 Å². The van der Waals surface area contributed by atoms with Gasteiger partial charge in [0.2, 0.25) is 0 Å². The molecule has 0 radical (unpaired) electrons. The van der Waals surface area contributed by atoms with E-state index in [1.54, 1.807) is 0 Å². The van der Waals surface area contributed by atoms with Crippen molar-refractivity contribution < 1.29 is 14.1 Å². The highest BCUT2D eigenvalue weighted by molar-refractivity contribution is 5.45. The molecule has 0 bridgehead atoms. The van der Waals surface area contributed by atoms with Crippen LogP contribution in [0.25, 0.3) is 0 Å². The summed E-state index contributed by atoms with van der Waals surface area (Å²) in [5.41, 5.74) is 5.64. The zero-order chi connectivity index (χ0) is 13.1. The van der Waals surface area contributed by atoms with Crippen molar-refractivity contribution in [1.82, 2.24) is 0 Å². The Morgan fingerprint density at radius 2 is 1.83 bits per heavy atom. The van der Waals surface area contributed by atoms with Gasteiger partial charge in [0.05, 0.1) is 4.92 Å². The lowest BCUT2D eigenvalue weighted by atomic mass is 10.3. The SMILES string of the molecule is Nc1ccc(Oc2ccc([N+](=O)[O-])cc2)c(F)c1. The van der Waals surface area contributed by atoms with Gasteiger partial charge in [-0.25, -0.2) is 4.39 Å². The Morgan fingerprint density at radius 3 is 2.39 bits per heavy atom. The maximum atomic E-state index is 13.4. The van der Waals surface area contributed by atoms with Gasteiger partial charge in [-0.3, -0.25) is 10.1 Å². The number of nitro benzene ring substituents is 1. The van der Waals surface area contributed by atoms with Gasteiger partial charge in [-0.2, -0.15) is 0 Å². The number of anilines is 1. The summed E-state index contributed by atoms with van der Waals surface area (Å²) in [6, 6.07) is 9.40. The minimum atomic E-state index is -0.589. The molecule has 18 heavy (non-hydrogen) atoms. The van der Waals surface area contributed by atoms with E-state index in [9.17, 15) is 14.5 Å². The van der Waals surface area contributed by atoms with E-state index in [4.69, 9.17) is 10.5 Å². The molecule has 0 saturated heterocycles. The first-order chi connectivity index (χ1) is 8.56. The van der Waals surface area contributed by atoms with Crippen molar-refractivity contribution in [2.75, 3.05) is 5.73 Å². The zero-order valence-corrected chi connectivity index (χ0v) is 9.17. The number of rotatable bonds is 3. The molecule has 0 saturated carbocycles. The molecule has 6 heteroatoms. The van der Waals surface area contributed by atoms with Gasteiger partial charge in [0.25, 0.3) is 5.69 Å². The first kappa shape index (κ1) is 11.8. The predicted molar refractivity (Wildman–Crippen MR) is 64.0 cm³/mol. The summed E-state index contributed by atoms with van der Waals surface area (Å²) < 4.78 is 18.7. The third-order valence-electron chi connectivity index (χ3n) is 2.23. The molecule has 92 valence electrons. The van der Waals surface area contributed by atoms with Crippen LogP contribution in [0.1, 0.15) is 0 Å². The van der Waals surface area contributed by atoms with Crippen LogP contribution in [0.3, 0.4) is 0 Å².